The number of hydrogen-bond acceptors (Lipinski definition) is 5. The summed E-state index contributed by atoms with van der Waals surface area (Å²) in [6.07, 6.45) is -2.37. The number of halogens is 4. The van der Waals surface area contributed by atoms with Gasteiger partial charge in [0.25, 0.3) is 5.91 Å². The first-order valence-corrected chi connectivity index (χ1v) is 11.7. The molecule has 7 nitrogen and oxygen atoms in total. The second kappa shape index (κ2) is 9.45. The van der Waals surface area contributed by atoms with Gasteiger partial charge in [-0.3, -0.25) is 4.79 Å². The number of alkyl halides is 3. The second-order valence-corrected chi connectivity index (χ2v) is 9.04. The molecule has 3 aromatic rings. The van der Waals surface area contributed by atoms with Gasteiger partial charge in [-0.1, -0.05) is 24.3 Å². The molecule has 2 aliphatic heterocycles. The van der Waals surface area contributed by atoms with Crippen molar-refractivity contribution in [3.05, 3.63) is 65.6 Å². The number of carbonyl (C=O) groups excluding carboxylic acids is 2. The lowest BCUT2D eigenvalue weighted by atomic mass is 9.91. The van der Waals surface area contributed by atoms with Gasteiger partial charge < -0.3 is 20.0 Å². The highest BCUT2D eigenvalue weighted by molar-refractivity contribution is 6.02. The number of amides is 1. The van der Waals surface area contributed by atoms with Gasteiger partial charge in [-0.15, -0.1) is 0 Å². The van der Waals surface area contributed by atoms with Crippen molar-refractivity contribution in [3.8, 4) is 0 Å². The van der Waals surface area contributed by atoms with Crippen LogP contribution in [0.4, 0.5) is 23.2 Å². The topological polar surface area (TPSA) is 77.7 Å². The molecule has 1 atom stereocenters. The highest BCUT2D eigenvalue weighted by Gasteiger charge is 2.47. The van der Waals surface area contributed by atoms with Crippen LogP contribution >= 0.6 is 0 Å². The molecule has 2 N–H and O–H groups in total. The molecular formula is C25H24F4N4O3. The zero-order valence-corrected chi connectivity index (χ0v) is 19.1. The van der Waals surface area contributed by atoms with E-state index < -0.39 is 35.6 Å². The fraction of sp³-hybridized carbons (Fsp3) is 0.360. The number of rotatable bonds is 5. The first-order chi connectivity index (χ1) is 17.2. The molecule has 1 fully saturated rings. The Bertz CT molecular complexity index is 1280. The number of likely N-dealkylation sites (tertiary alicyclic amines) is 1. The van der Waals surface area contributed by atoms with Crippen LogP contribution in [0.1, 0.15) is 28.8 Å². The van der Waals surface area contributed by atoms with Crippen LogP contribution in [-0.4, -0.2) is 53.7 Å². The van der Waals surface area contributed by atoms with Gasteiger partial charge in [0.2, 0.25) is 0 Å². The Morgan fingerprint density at radius 3 is 2.58 bits per heavy atom. The number of H-pyrrole nitrogens is 1. The van der Waals surface area contributed by atoms with Gasteiger partial charge >= 0.3 is 12.1 Å². The molecule has 0 aliphatic carbocycles. The van der Waals surface area contributed by atoms with E-state index in [0.29, 0.717) is 31.0 Å². The van der Waals surface area contributed by atoms with E-state index in [-0.39, 0.29) is 11.6 Å². The van der Waals surface area contributed by atoms with Gasteiger partial charge in [-0.25, -0.2) is 9.18 Å². The summed E-state index contributed by atoms with van der Waals surface area (Å²) < 4.78 is 53.3. The number of anilines is 1. The Balaban J connectivity index is 1.28. The van der Waals surface area contributed by atoms with E-state index in [1.54, 1.807) is 0 Å². The highest BCUT2D eigenvalue weighted by Crippen LogP contribution is 2.35. The van der Waals surface area contributed by atoms with Gasteiger partial charge in [-0.05, 0) is 56.1 Å². The zero-order chi connectivity index (χ0) is 25.4. The third kappa shape index (κ3) is 4.62. The molecule has 5 rings (SSSR count). The molecule has 0 radical (unpaired) electrons. The number of hydrogen-bond donors (Lipinski definition) is 2. The minimum atomic E-state index is -5.24. The maximum atomic E-state index is 14.3. The molecule has 2 aliphatic rings. The minimum Gasteiger partial charge on any atom is -0.361 e. The Morgan fingerprint density at radius 1 is 1.08 bits per heavy atom. The van der Waals surface area contributed by atoms with Gasteiger partial charge in [0.1, 0.15) is 17.5 Å². The summed E-state index contributed by atoms with van der Waals surface area (Å²) in [6.45, 7) is 2.10. The van der Waals surface area contributed by atoms with E-state index in [0.717, 1.165) is 24.5 Å². The minimum absolute atomic E-state index is 0.205. The molecule has 0 bridgehead atoms. The van der Waals surface area contributed by atoms with E-state index in [1.165, 1.54) is 23.1 Å². The van der Waals surface area contributed by atoms with Crippen LogP contribution in [0.5, 0.6) is 0 Å². The van der Waals surface area contributed by atoms with E-state index >= 15 is 0 Å². The second-order valence-electron chi connectivity index (χ2n) is 9.04. The first-order valence-electron chi connectivity index (χ1n) is 11.7. The lowest BCUT2D eigenvalue weighted by Crippen LogP contribution is -2.59. The van der Waals surface area contributed by atoms with Crippen molar-refractivity contribution < 1.29 is 32.0 Å². The summed E-state index contributed by atoms with van der Waals surface area (Å²) in [5.74, 6) is -4.41. The third-order valence-corrected chi connectivity index (χ3v) is 6.85. The van der Waals surface area contributed by atoms with Gasteiger partial charge in [-0.2, -0.15) is 18.2 Å². The van der Waals surface area contributed by atoms with Crippen LogP contribution in [0.25, 0.3) is 10.9 Å². The molecule has 1 unspecified atom stereocenters. The van der Waals surface area contributed by atoms with Gasteiger partial charge in [0.05, 0.1) is 5.69 Å². The maximum absolute atomic E-state index is 14.3. The van der Waals surface area contributed by atoms with Gasteiger partial charge in [0.15, 0.2) is 0 Å². The van der Waals surface area contributed by atoms with Gasteiger partial charge in [0, 0.05) is 29.6 Å². The fourth-order valence-corrected chi connectivity index (χ4v) is 5.00. The van der Waals surface area contributed by atoms with Crippen LogP contribution in [0.2, 0.25) is 0 Å². The molecule has 1 saturated heterocycles. The third-order valence-electron chi connectivity index (χ3n) is 6.85. The standard InChI is InChI=1S/C25H24F4N4O3/c26-18-5-3-7-20-21(18)23(34)31-22(33(20)36-24(35)25(27,28)29)15-8-11-32(12-9-15)13-10-16-14-30-19-6-2-1-4-17(16)19/h1-7,14-15,22,30H,8-13H2,(H,31,34). The van der Waals surface area contributed by atoms with Crippen LogP contribution in [0.15, 0.2) is 48.7 Å². The SMILES string of the molecule is O=C1NC(C2CCN(CCc3c[nH]c4ccccc34)CC2)N(OC(=O)C(F)(F)F)c2cccc(F)c21. The zero-order valence-electron chi connectivity index (χ0n) is 19.1. The number of nitrogens with one attached hydrogen (secondary N) is 2. The number of piperidine rings is 1. The van der Waals surface area contributed by atoms with Crippen molar-refractivity contribution in [3.63, 3.8) is 0 Å². The van der Waals surface area contributed by atoms with Crippen molar-refractivity contribution >= 4 is 28.5 Å². The van der Waals surface area contributed by atoms with Crippen LogP contribution in [0.3, 0.4) is 0 Å². The number of fused-ring (bicyclic) bond motifs is 2. The summed E-state index contributed by atoms with van der Waals surface area (Å²) in [4.78, 5) is 34.5. The highest BCUT2D eigenvalue weighted by atomic mass is 19.4. The van der Waals surface area contributed by atoms with Crippen molar-refractivity contribution in [2.24, 2.45) is 5.92 Å². The van der Waals surface area contributed by atoms with E-state index in [2.05, 4.69) is 26.1 Å². The molecule has 1 amide bonds. The number of aromatic amines is 1. The molecule has 3 heterocycles. The predicted molar refractivity (Wildman–Crippen MR) is 123 cm³/mol. The van der Waals surface area contributed by atoms with Crippen LogP contribution in [0, 0.1) is 11.7 Å². The number of para-hydroxylation sites is 1. The van der Waals surface area contributed by atoms with Crippen molar-refractivity contribution in [2.75, 3.05) is 24.7 Å². The average molecular weight is 504 g/mol. The summed E-state index contributed by atoms with van der Waals surface area (Å²) in [5, 5.41) is 4.44. The smallest absolute Gasteiger partial charge is 0.361 e. The van der Waals surface area contributed by atoms with Crippen LogP contribution < -0.4 is 10.4 Å². The van der Waals surface area contributed by atoms with Crippen LogP contribution in [-0.2, 0) is 16.1 Å². The molecule has 190 valence electrons. The van der Waals surface area contributed by atoms with E-state index in [9.17, 15) is 27.2 Å². The molecule has 11 heteroatoms. The molecule has 0 spiro atoms. The Labute approximate surface area is 204 Å². The summed E-state index contributed by atoms with van der Waals surface area (Å²) in [7, 11) is 0. The number of aromatic nitrogens is 1. The lowest BCUT2D eigenvalue weighted by molar-refractivity contribution is -0.203. The monoisotopic (exact) mass is 504 g/mol. The number of carbonyl (C=O) groups is 2. The Morgan fingerprint density at radius 2 is 1.83 bits per heavy atom. The molecule has 1 aromatic heterocycles. The Hall–Kier alpha value is -3.60. The normalized spacial score (nSPS) is 19.3. The quantitative estimate of drug-likeness (QED) is 0.511. The molecule has 36 heavy (non-hydrogen) atoms. The Kier molecular flexibility index (Phi) is 6.33. The predicted octanol–water partition coefficient (Wildman–Crippen LogP) is 4.16. The van der Waals surface area contributed by atoms with E-state index in [4.69, 9.17) is 0 Å². The van der Waals surface area contributed by atoms with Crippen molar-refractivity contribution in [1.82, 2.24) is 15.2 Å². The fourth-order valence-electron chi connectivity index (χ4n) is 5.00. The maximum Gasteiger partial charge on any atom is 0.493 e. The summed E-state index contributed by atoms with van der Waals surface area (Å²) in [6, 6.07) is 11.6. The molecular weight excluding hydrogens is 480 g/mol. The summed E-state index contributed by atoms with van der Waals surface area (Å²) >= 11 is 0. The molecule has 0 saturated carbocycles. The average Bonchev–Trinajstić information content (AvgIpc) is 3.27. The van der Waals surface area contributed by atoms with E-state index in [1.807, 2.05) is 24.4 Å². The summed E-state index contributed by atoms with van der Waals surface area (Å²) in [5.41, 5.74) is 1.61. The molecule has 2 aromatic carbocycles. The van der Waals surface area contributed by atoms with Crippen molar-refractivity contribution in [2.45, 2.75) is 31.6 Å². The largest absolute Gasteiger partial charge is 0.493 e. The number of hydroxylamine groups is 1. The first kappa shape index (κ1) is 24.1. The lowest BCUT2D eigenvalue weighted by Gasteiger charge is -2.43. The number of nitrogens with zero attached hydrogens (tertiary/aromatic N) is 2. The van der Waals surface area contributed by atoms with Crippen molar-refractivity contribution in [1.29, 1.82) is 0 Å². The number of benzene rings is 2.